The largest absolute Gasteiger partial charge is 0.354 e. The summed E-state index contributed by atoms with van der Waals surface area (Å²) in [4.78, 5) is 11.2. The Bertz CT molecular complexity index is 758. The van der Waals surface area contributed by atoms with Gasteiger partial charge >= 0.3 is 0 Å². The number of hydrogen-bond acceptors (Lipinski definition) is 3. The number of rotatable bonds is 5. The van der Waals surface area contributed by atoms with Crippen molar-refractivity contribution in [2.45, 2.75) is 38.9 Å². The molecule has 5 nitrogen and oxygen atoms in total. The summed E-state index contributed by atoms with van der Waals surface area (Å²) < 4.78 is 13.0. The van der Waals surface area contributed by atoms with Crippen molar-refractivity contribution >= 4 is 29.9 Å². The summed E-state index contributed by atoms with van der Waals surface area (Å²) >= 11 is 0. The van der Waals surface area contributed by atoms with Crippen molar-refractivity contribution in [1.29, 1.82) is 0 Å². The molecule has 0 spiro atoms. The van der Waals surface area contributed by atoms with Crippen LogP contribution in [0.25, 0.3) is 0 Å². The first-order valence-electron chi connectivity index (χ1n) is 9.48. The average Bonchev–Trinajstić information content (AvgIpc) is 2.69. The van der Waals surface area contributed by atoms with Gasteiger partial charge in [-0.15, -0.1) is 24.0 Å². The van der Waals surface area contributed by atoms with Gasteiger partial charge in [-0.25, -0.2) is 4.39 Å². The van der Waals surface area contributed by atoms with E-state index in [-0.39, 0.29) is 29.8 Å². The molecule has 1 saturated heterocycles. The maximum Gasteiger partial charge on any atom is 0.191 e. The Morgan fingerprint density at radius 2 is 1.93 bits per heavy atom. The Hall–Kier alpha value is -1.74. The third kappa shape index (κ3) is 6.70. The van der Waals surface area contributed by atoms with Gasteiger partial charge in [0.25, 0.3) is 0 Å². The van der Waals surface area contributed by atoms with Gasteiger partial charge in [0, 0.05) is 38.9 Å². The number of nitrogens with zero attached hydrogens (tertiary/aromatic N) is 3. The lowest BCUT2D eigenvalue weighted by Gasteiger charge is -2.33. The molecule has 1 fully saturated rings. The van der Waals surface area contributed by atoms with Crippen molar-refractivity contribution in [1.82, 2.24) is 20.5 Å². The molecule has 0 amide bonds. The zero-order valence-corrected chi connectivity index (χ0v) is 18.8. The van der Waals surface area contributed by atoms with Crippen molar-refractivity contribution < 1.29 is 4.39 Å². The fraction of sp³-hybridized carbons (Fsp3) is 0.429. The molecular formula is C21H29FIN5. The standard InChI is InChI=1S/C21H28FN5.HI/c1-16-4-3-11-24-20(16)14-25-21(23-2)26-19-9-12-27(13-10-19)15-17-5-7-18(22)8-6-17;/h3-8,11,19H,9-10,12-15H2,1-2H3,(H2,23,25,26);1H. The van der Waals surface area contributed by atoms with Crippen LogP contribution in [0, 0.1) is 12.7 Å². The number of benzene rings is 1. The van der Waals surface area contributed by atoms with E-state index in [4.69, 9.17) is 0 Å². The van der Waals surface area contributed by atoms with Crippen LogP contribution in [0.2, 0.25) is 0 Å². The SMILES string of the molecule is CN=C(NCc1ncccc1C)NC1CCN(Cc2ccc(F)cc2)CC1.I. The Morgan fingerprint density at radius 3 is 2.57 bits per heavy atom. The van der Waals surface area contributed by atoms with Crippen LogP contribution < -0.4 is 10.6 Å². The second-order valence-corrected chi connectivity index (χ2v) is 7.01. The summed E-state index contributed by atoms with van der Waals surface area (Å²) in [6, 6.07) is 11.2. The zero-order valence-electron chi connectivity index (χ0n) is 16.5. The maximum absolute atomic E-state index is 13.0. The average molecular weight is 497 g/mol. The topological polar surface area (TPSA) is 52.6 Å². The summed E-state index contributed by atoms with van der Waals surface area (Å²) in [6.45, 7) is 5.64. The first-order valence-corrected chi connectivity index (χ1v) is 9.48. The van der Waals surface area contributed by atoms with Crippen molar-refractivity contribution in [3.05, 3.63) is 65.2 Å². The number of piperidine rings is 1. The summed E-state index contributed by atoms with van der Waals surface area (Å²) in [5.41, 5.74) is 3.37. The van der Waals surface area contributed by atoms with E-state index in [9.17, 15) is 4.39 Å². The summed E-state index contributed by atoms with van der Waals surface area (Å²) in [7, 11) is 1.80. The minimum Gasteiger partial charge on any atom is -0.354 e. The van der Waals surface area contributed by atoms with E-state index < -0.39 is 0 Å². The van der Waals surface area contributed by atoms with E-state index in [0.717, 1.165) is 49.7 Å². The van der Waals surface area contributed by atoms with Crippen LogP contribution in [0.1, 0.15) is 29.7 Å². The molecular weight excluding hydrogens is 468 g/mol. The van der Waals surface area contributed by atoms with Gasteiger partial charge < -0.3 is 10.6 Å². The Kier molecular flexibility index (Phi) is 9.11. The van der Waals surface area contributed by atoms with Gasteiger partial charge in [0.15, 0.2) is 5.96 Å². The third-order valence-electron chi connectivity index (χ3n) is 5.01. The Balaban J connectivity index is 0.00000280. The molecule has 0 aliphatic carbocycles. The number of hydrogen-bond donors (Lipinski definition) is 2. The molecule has 1 aromatic heterocycles. The number of aryl methyl sites for hydroxylation is 1. The molecule has 0 unspecified atom stereocenters. The van der Waals surface area contributed by atoms with Gasteiger partial charge in [-0.05, 0) is 49.1 Å². The van der Waals surface area contributed by atoms with E-state index in [2.05, 4.69) is 38.5 Å². The number of likely N-dealkylation sites (tertiary alicyclic amines) is 1. The molecule has 3 rings (SSSR count). The minimum absolute atomic E-state index is 0. The van der Waals surface area contributed by atoms with Crippen LogP contribution in [0.5, 0.6) is 0 Å². The molecule has 2 aromatic rings. The summed E-state index contributed by atoms with van der Waals surface area (Å²) in [5, 5.41) is 6.88. The van der Waals surface area contributed by atoms with Crippen LogP contribution >= 0.6 is 24.0 Å². The molecule has 0 radical (unpaired) electrons. The fourth-order valence-corrected chi connectivity index (χ4v) is 3.34. The molecule has 0 atom stereocenters. The van der Waals surface area contributed by atoms with E-state index in [1.165, 1.54) is 17.7 Å². The number of nitrogens with one attached hydrogen (secondary N) is 2. The van der Waals surface area contributed by atoms with E-state index >= 15 is 0 Å². The first kappa shape index (κ1) is 22.5. The normalized spacial score (nSPS) is 15.8. The molecule has 2 heterocycles. The highest BCUT2D eigenvalue weighted by molar-refractivity contribution is 14.0. The molecule has 0 saturated carbocycles. The second-order valence-electron chi connectivity index (χ2n) is 7.01. The lowest BCUT2D eigenvalue weighted by Crippen LogP contribution is -2.48. The smallest absolute Gasteiger partial charge is 0.191 e. The van der Waals surface area contributed by atoms with Crippen LogP contribution in [-0.4, -0.2) is 42.0 Å². The van der Waals surface area contributed by atoms with Crippen molar-refractivity contribution in [2.24, 2.45) is 4.99 Å². The highest BCUT2D eigenvalue weighted by atomic mass is 127. The lowest BCUT2D eigenvalue weighted by molar-refractivity contribution is 0.198. The molecule has 0 bridgehead atoms. The molecule has 7 heteroatoms. The molecule has 152 valence electrons. The monoisotopic (exact) mass is 497 g/mol. The highest BCUT2D eigenvalue weighted by Crippen LogP contribution is 2.14. The van der Waals surface area contributed by atoms with E-state index in [0.29, 0.717) is 12.6 Å². The Labute approximate surface area is 183 Å². The summed E-state index contributed by atoms with van der Waals surface area (Å²) in [5.74, 6) is 0.637. The van der Waals surface area contributed by atoms with Gasteiger partial charge in [0.05, 0.1) is 12.2 Å². The molecule has 1 aliphatic heterocycles. The zero-order chi connectivity index (χ0) is 19.1. The van der Waals surface area contributed by atoms with Crippen LogP contribution in [0.15, 0.2) is 47.6 Å². The predicted octanol–water partition coefficient (Wildman–Crippen LogP) is 3.48. The third-order valence-corrected chi connectivity index (χ3v) is 5.01. The Morgan fingerprint density at radius 1 is 1.21 bits per heavy atom. The van der Waals surface area contributed by atoms with Gasteiger partial charge in [-0.1, -0.05) is 18.2 Å². The van der Waals surface area contributed by atoms with Crippen molar-refractivity contribution in [3.8, 4) is 0 Å². The highest BCUT2D eigenvalue weighted by Gasteiger charge is 2.20. The number of guanidine groups is 1. The van der Waals surface area contributed by atoms with Gasteiger partial charge in [0.1, 0.15) is 5.82 Å². The second kappa shape index (κ2) is 11.3. The minimum atomic E-state index is -0.179. The van der Waals surface area contributed by atoms with Crippen molar-refractivity contribution in [2.75, 3.05) is 20.1 Å². The van der Waals surface area contributed by atoms with Gasteiger partial charge in [-0.3, -0.25) is 14.9 Å². The van der Waals surface area contributed by atoms with Crippen molar-refractivity contribution in [3.63, 3.8) is 0 Å². The summed E-state index contributed by atoms with van der Waals surface area (Å²) in [6.07, 6.45) is 3.94. The fourth-order valence-electron chi connectivity index (χ4n) is 3.34. The maximum atomic E-state index is 13.0. The molecule has 1 aliphatic rings. The van der Waals surface area contributed by atoms with E-state index in [1.807, 2.05) is 24.4 Å². The number of aliphatic imine (C=N–C) groups is 1. The van der Waals surface area contributed by atoms with Gasteiger partial charge in [0.2, 0.25) is 0 Å². The molecule has 1 aromatic carbocycles. The first-order chi connectivity index (χ1) is 13.1. The molecule has 2 N–H and O–H groups in total. The van der Waals surface area contributed by atoms with Gasteiger partial charge in [-0.2, -0.15) is 0 Å². The molecule has 28 heavy (non-hydrogen) atoms. The number of pyridine rings is 1. The predicted molar refractivity (Wildman–Crippen MR) is 122 cm³/mol. The lowest BCUT2D eigenvalue weighted by atomic mass is 10.0. The number of aromatic nitrogens is 1. The van der Waals surface area contributed by atoms with Crippen LogP contribution in [0.4, 0.5) is 4.39 Å². The van der Waals surface area contributed by atoms with Crippen LogP contribution in [0.3, 0.4) is 0 Å². The number of halogens is 2. The van der Waals surface area contributed by atoms with Crippen LogP contribution in [-0.2, 0) is 13.1 Å². The van der Waals surface area contributed by atoms with E-state index in [1.54, 1.807) is 7.05 Å². The quantitative estimate of drug-likeness (QED) is 0.378.